The lowest BCUT2D eigenvalue weighted by molar-refractivity contribution is 0.281. The molecule has 2 heteroatoms. The molecule has 0 saturated carbocycles. The van der Waals surface area contributed by atoms with Gasteiger partial charge in [0.2, 0.25) is 0 Å². The number of halogens is 1. The predicted molar refractivity (Wildman–Crippen MR) is 93.2 cm³/mol. The van der Waals surface area contributed by atoms with E-state index in [1.807, 2.05) is 12.1 Å². The van der Waals surface area contributed by atoms with Gasteiger partial charge < -0.3 is 4.90 Å². The Morgan fingerprint density at radius 3 is 2.57 bits per heavy atom. The Bertz CT molecular complexity index is 691. The Kier molecular flexibility index (Phi) is 3.94. The molecule has 2 aliphatic rings. The fourth-order valence-electron chi connectivity index (χ4n) is 4.36. The van der Waals surface area contributed by atoms with Gasteiger partial charge in [-0.25, -0.2) is 4.39 Å². The molecule has 1 fully saturated rings. The molecule has 0 amide bonds. The summed E-state index contributed by atoms with van der Waals surface area (Å²) in [5.41, 5.74) is 5.38. The lowest BCUT2D eigenvalue weighted by atomic mass is 9.91. The molecule has 0 radical (unpaired) electrons. The minimum Gasteiger partial charge on any atom is -0.303 e. The van der Waals surface area contributed by atoms with E-state index < -0.39 is 0 Å². The van der Waals surface area contributed by atoms with Crippen LogP contribution in [0.1, 0.15) is 42.7 Å². The van der Waals surface area contributed by atoms with E-state index >= 15 is 0 Å². The van der Waals surface area contributed by atoms with E-state index in [0.717, 1.165) is 11.6 Å². The van der Waals surface area contributed by atoms with Crippen molar-refractivity contribution in [3.63, 3.8) is 0 Å². The molecular weight excluding hydrogens is 285 g/mol. The van der Waals surface area contributed by atoms with Crippen LogP contribution in [0.4, 0.5) is 4.39 Å². The third-order valence-corrected chi connectivity index (χ3v) is 5.75. The molecule has 2 atom stereocenters. The lowest BCUT2D eigenvalue weighted by Crippen LogP contribution is -2.26. The largest absolute Gasteiger partial charge is 0.303 e. The smallest absolute Gasteiger partial charge is 0.123 e. The van der Waals surface area contributed by atoms with Crippen LogP contribution in [0.2, 0.25) is 0 Å². The maximum absolute atomic E-state index is 13.1. The van der Waals surface area contributed by atoms with Gasteiger partial charge in [-0.15, -0.1) is 0 Å². The molecule has 1 nitrogen and oxygen atoms in total. The quantitative estimate of drug-likeness (QED) is 0.770. The van der Waals surface area contributed by atoms with Crippen molar-refractivity contribution in [2.24, 2.45) is 0 Å². The molecule has 4 rings (SSSR count). The number of hydrogen-bond donors (Lipinski definition) is 0. The van der Waals surface area contributed by atoms with E-state index in [1.165, 1.54) is 55.3 Å². The molecule has 1 heterocycles. The fraction of sp³-hybridized carbons (Fsp3) is 0.429. The molecule has 0 N–H and O–H groups in total. The first-order valence-corrected chi connectivity index (χ1v) is 8.80. The molecule has 120 valence electrons. The standard InChI is InChI=1S/C21H24FN/c1-23-12-2-3-20(23)13-18-7-5-16-4-6-17(14-21(16)18)15-8-10-19(22)11-9-15/h4,6,8-11,14,18,20H,2-3,5,7,12-13H2,1H3/t18?,20-/m1/s1. The molecule has 1 aliphatic heterocycles. The average Bonchev–Trinajstić information content (AvgIpc) is 3.15. The number of rotatable bonds is 3. The van der Waals surface area contributed by atoms with Gasteiger partial charge in [0.25, 0.3) is 0 Å². The van der Waals surface area contributed by atoms with Crippen molar-refractivity contribution in [2.75, 3.05) is 13.6 Å². The van der Waals surface area contributed by atoms with Crippen LogP contribution in [0.3, 0.4) is 0 Å². The maximum Gasteiger partial charge on any atom is 0.123 e. The first kappa shape index (κ1) is 14.9. The second-order valence-corrected chi connectivity index (χ2v) is 7.17. The lowest BCUT2D eigenvalue weighted by Gasteiger charge is -2.23. The topological polar surface area (TPSA) is 3.24 Å². The Hall–Kier alpha value is -1.67. The van der Waals surface area contributed by atoms with Crippen LogP contribution >= 0.6 is 0 Å². The molecule has 0 spiro atoms. The van der Waals surface area contributed by atoms with Gasteiger partial charge in [0.1, 0.15) is 5.82 Å². The summed E-state index contributed by atoms with van der Waals surface area (Å²) in [5.74, 6) is 0.521. The maximum atomic E-state index is 13.1. The molecule has 0 aromatic heterocycles. The second kappa shape index (κ2) is 6.09. The number of hydrogen-bond acceptors (Lipinski definition) is 1. The normalized spacial score (nSPS) is 24.1. The van der Waals surface area contributed by atoms with Crippen molar-refractivity contribution in [2.45, 2.75) is 44.1 Å². The zero-order valence-corrected chi connectivity index (χ0v) is 13.8. The van der Waals surface area contributed by atoms with Crippen molar-refractivity contribution in [1.29, 1.82) is 0 Å². The number of likely N-dealkylation sites (tertiary alicyclic amines) is 1. The number of fused-ring (bicyclic) bond motifs is 1. The van der Waals surface area contributed by atoms with Crippen LogP contribution in [0.15, 0.2) is 42.5 Å². The number of aryl methyl sites for hydroxylation is 1. The van der Waals surface area contributed by atoms with Crippen LogP contribution in [0.25, 0.3) is 11.1 Å². The van der Waals surface area contributed by atoms with Gasteiger partial charge in [0, 0.05) is 6.04 Å². The van der Waals surface area contributed by atoms with Gasteiger partial charge in [-0.1, -0.05) is 30.3 Å². The van der Waals surface area contributed by atoms with E-state index in [9.17, 15) is 4.39 Å². The van der Waals surface area contributed by atoms with Crippen molar-refractivity contribution in [3.05, 3.63) is 59.4 Å². The molecule has 1 unspecified atom stereocenters. The molecule has 1 saturated heterocycles. The Balaban J connectivity index is 1.60. The summed E-state index contributed by atoms with van der Waals surface area (Å²) in [7, 11) is 2.27. The van der Waals surface area contributed by atoms with E-state index in [2.05, 4.69) is 30.1 Å². The van der Waals surface area contributed by atoms with Crippen molar-refractivity contribution < 1.29 is 4.39 Å². The second-order valence-electron chi connectivity index (χ2n) is 7.17. The molecular formula is C21H24FN. The van der Waals surface area contributed by atoms with Gasteiger partial charge in [-0.05, 0) is 86.0 Å². The summed E-state index contributed by atoms with van der Waals surface area (Å²) < 4.78 is 13.1. The summed E-state index contributed by atoms with van der Waals surface area (Å²) in [5, 5.41) is 0. The van der Waals surface area contributed by atoms with Crippen LogP contribution in [0.5, 0.6) is 0 Å². The SMILES string of the molecule is CN1CCC[C@@H]1CC1CCc2ccc(-c3ccc(F)cc3)cc21. The van der Waals surface area contributed by atoms with Crippen molar-refractivity contribution in [3.8, 4) is 11.1 Å². The van der Waals surface area contributed by atoms with Gasteiger partial charge in [0.15, 0.2) is 0 Å². The minimum absolute atomic E-state index is 0.169. The highest BCUT2D eigenvalue weighted by molar-refractivity contribution is 5.65. The minimum atomic E-state index is -0.169. The van der Waals surface area contributed by atoms with Gasteiger partial charge in [-0.3, -0.25) is 0 Å². The van der Waals surface area contributed by atoms with Crippen molar-refractivity contribution in [1.82, 2.24) is 4.90 Å². The summed E-state index contributed by atoms with van der Waals surface area (Å²) in [6, 6.07) is 14.4. The third kappa shape index (κ3) is 2.92. The zero-order chi connectivity index (χ0) is 15.8. The van der Waals surface area contributed by atoms with E-state index in [-0.39, 0.29) is 5.82 Å². The summed E-state index contributed by atoms with van der Waals surface area (Å²) in [6.07, 6.45) is 6.47. The van der Waals surface area contributed by atoms with Crippen LogP contribution in [-0.2, 0) is 6.42 Å². The van der Waals surface area contributed by atoms with Crippen molar-refractivity contribution >= 4 is 0 Å². The first-order chi connectivity index (χ1) is 11.2. The summed E-state index contributed by atoms with van der Waals surface area (Å²) in [4.78, 5) is 2.53. The first-order valence-electron chi connectivity index (χ1n) is 8.80. The predicted octanol–water partition coefficient (Wildman–Crippen LogP) is 5.01. The fourth-order valence-corrected chi connectivity index (χ4v) is 4.36. The van der Waals surface area contributed by atoms with E-state index in [4.69, 9.17) is 0 Å². The Morgan fingerprint density at radius 2 is 1.83 bits per heavy atom. The summed E-state index contributed by atoms with van der Waals surface area (Å²) in [6.45, 7) is 1.25. The molecule has 2 aromatic rings. The zero-order valence-electron chi connectivity index (χ0n) is 13.8. The van der Waals surface area contributed by atoms with Gasteiger partial charge >= 0.3 is 0 Å². The Labute approximate surface area is 138 Å². The average molecular weight is 309 g/mol. The highest BCUT2D eigenvalue weighted by Gasteiger charge is 2.29. The molecule has 0 bridgehead atoms. The van der Waals surface area contributed by atoms with E-state index in [1.54, 1.807) is 12.1 Å². The molecule has 2 aromatic carbocycles. The monoisotopic (exact) mass is 309 g/mol. The number of benzene rings is 2. The number of nitrogens with zero attached hydrogens (tertiary/aromatic N) is 1. The van der Waals surface area contributed by atoms with Crippen LogP contribution in [0, 0.1) is 5.82 Å². The van der Waals surface area contributed by atoms with Crippen LogP contribution < -0.4 is 0 Å². The van der Waals surface area contributed by atoms with Crippen LogP contribution in [-0.4, -0.2) is 24.5 Å². The highest BCUT2D eigenvalue weighted by Crippen LogP contribution is 2.40. The molecule has 1 aliphatic carbocycles. The summed E-state index contributed by atoms with van der Waals surface area (Å²) >= 11 is 0. The third-order valence-electron chi connectivity index (χ3n) is 5.75. The Morgan fingerprint density at radius 1 is 1.04 bits per heavy atom. The van der Waals surface area contributed by atoms with Gasteiger partial charge in [0.05, 0.1) is 0 Å². The highest BCUT2D eigenvalue weighted by atomic mass is 19.1. The van der Waals surface area contributed by atoms with E-state index in [0.29, 0.717) is 5.92 Å². The van der Waals surface area contributed by atoms with Gasteiger partial charge in [-0.2, -0.15) is 0 Å². The molecule has 23 heavy (non-hydrogen) atoms.